The Kier molecular flexibility index (Phi) is 5.41. The predicted molar refractivity (Wildman–Crippen MR) is 114 cm³/mol. The fourth-order valence-electron chi connectivity index (χ4n) is 3.03. The monoisotopic (exact) mass is 421 g/mol. The number of aryl methyl sites for hydroxylation is 1. The molecule has 3 heterocycles. The van der Waals surface area contributed by atoms with E-state index in [1.54, 1.807) is 24.4 Å². The Morgan fingerprint density at radius 2 is 2.00 bits per heavy atom. The Bertz CT molecular complexity index is 1300. The SMILES string of the molecule is COC(=O)c1ccc([C@@H](C)Sc2nc3ccccc3c(=O)n2-c2cc(C)ccn2)o1. The average Bonchev–Trinajstić information content (AvgIpc) is 3.24. The molecule has 0 aliphatic rings. The highest BCUT2D eigenvalue weighted by Crippen LogP contribution is 2.35. The molecule has 4 aromatic rings. The molecular formula is C22H19N3O4S. The van der Waals surface area contributed by atoms with Gasteiger partial charge in [0.1, 0.15) is 11.6 Å². The Morgan fingerprint density at radius 1 is 1.20 bits per heavy atom. The van der Waals surface area contributed by atoms with Gasteiger partial charge in [-0.15, -0.1) is 0 Å². The second kappa shape index (κ2) is 8.16. The van der Waals surface area contributed by atoms with Crippen molar-refractivity contribution in [2.75, 3.05) is 7.11 Å². The number of rotatable bonds is 5. The highest BCUT2D eigenvalue weighted by molar-refractivity contribution is 7.99. The van der Waals surface area contributed by atoms with E-state index in [1.165, 1.54) is 23.4 Å². The van der Waals surface area contributed by atoms with Crippen LogP contribution in [0.3, 0.4) is 0 Å². The minimum Gasteiger partial charge on any atom is -0.463 e. The number of para-hydroxylation sites is 1. The number of thioether (sulfide) groups is 1. The van der Waals surface area contributed by atoms with Gasteiger partial charge in [-0.2, -0.15) is 0 Å². The summed E-state index contributed by atoms with van der Waals surface area (Å²) in [6.45, 7) is 3.86. The van der Waals surface area contributed by atoms with Crippen molar-refractivity contribution in [3.8, 4) is 5.82 Å². The summed E-state index contributed by atoms with van der Waals surface area (Å²) in [5, 5.41) is 0.789. The van der Waals surface area contributed by atoms with Crippen LogP contribution in [0.4, 0.5) is 0 Å². The summed E-state index contributed by atoms with van der Waals surface area (Å²) in [5.74, 6) is 0.668. The normalized spacial score (nSPS) is 12.1. The standard InChI is InChI=1S/C22H19N3O4S/c1-13-10-11-23-19(12-13)25-20(26)15-6-4-5-7-16(15)24-22(25)30-14(2)17-8-9-18(29-17)21(27)28-3/h4-12,14H,1-3H3/t14-/m1/s1. The quantitative estimate of drug-likeness (QED) is 0.269. The first-order valence-corrected chi connectivity index (χ1v) is 10.2. The molecule has 0 radical (unpaired) electrons. The molecule has 1 aromatic carbocycles. The first-order valence-electron chi connectivity index (χ1n) is 9.27. The van der Waals surface area contributed by atoms with Gasteiger partial charge in [0, 0.05) is 6.20 Å². The maximum Gasteiger partial charge on any atom is 0.373 e. The number of ether oxygens (including phenoxy) is 1. The fraction of sp³-hybridized carbons (Fsp3) is 0.182. The van der Waals surface area contributed by atoms with E-state index in [-0.39, 0.29) is 16.6 Å². The molecule has 0 saturated carbocycles. The minimum absolute atomic E-state index is 0.129. The van der Waals surface area contributed by atoms with E-state index in [1.807, 2.05) is 44.2 Å². The second-order valence-electron chi connectivity index (χ2n) is 6.70. The summed E-state index contributed by atoms with van der Waals surface area (Å²) >= 11 is 1.35. The molecule has 0 aliphatic carbocycles. The zero-order chi connectivity index (χ0) is 21.3. The number of aromatic nitrogens is 3. The smallest absolute Gasteiger partial charge is 0.373 e. The van der Waals surface area contributed by atoms with Crippen LogP contribution in [0.25, 0.3) is 16.7 Å². The molecule has 7 nitrogen and oxygen atoms in total. The molecule has 0 amide bonds. The van der Waals surface area contributed by atoms with E-state index in [4.69, 9.17) is 14.1 Å². The van der Waals surface area contributed by atoms with Crippen molar-refractivity contribution in [1.29, 1.82) is 0 Å². The molecule has 0 fully saturated rings. The molecule has 0 bridgehead atoms. The van der Waals surface area contributed by atoms with Gasteiger partial charge in [-0.3, -0.25) is 4.79 Å². The van der Waals surface area contributed by atoms with E-state index in [9.17, 15) is 9.59 Å². The van der Waals surface area contributed by atoms with E-state index in [0.29, 0.717) is 27.6 Å². The maximum absolute atomic E-state index is 13.3. The molecular weight excluding hydrogens is 402 g/mol. The van der Waals surface area contributed by atoms with Crippen molar-refractivity contribution in [2.24, 2.45) is 0 Å². The number of nitrogens with zero attached hydrogens (tertiary/aromatic N) is 3. The Labute approximate surface area is 176 Å². The summed E-state index contributed by atoms with van der Waals surface area (Å²) in [4.78, 5) is 34.1. The van der Waals surface area contributed by atoms with Crippen molar-refractivity contribution < 1.29 is 13.9 Å². The van der Waals surface area contributed by atoms with Crippen molar-refractivity contribution in [3.05, 3.63) is 82.2 Å². The molecule has 0 unspecified atom stereocenters. The molecule has 0 saturated heterocycles. The van der Waals surface area contributed by atoms with E-state index >= 15 is 0 Å². The zero-order valence-corrected chi connectivity index (χ0v) is 17.5. The van der Waals surface area contributed by atoms with Gasteiger partial charge in [0.15, 0.2) is 5.16 Å². The number of pyridine rings is 1. The third-order valence-electron chi connectivity index (χ3n) is 4.57. The third-order valence-corrected chi connectivity index (χ3v) is 5.64. The lowest BCUT2D eigenvalue weighted by Gasteiger charge is -2.15. The molecule has 0 N–H and O–H groups in total. The molecule has 30 heavy (non-hydrogen) atoms. The number of fused-ring (bicyclic) bond motifs is 1. The lowest BCUT2D eigenvalue weighted by atomic mass is 10.2. The summed E-state index contributed by atoms with van der Waals surface area (Å²) in [5.41, 5.74) is 1.40. The number of furan rings is 1. The molecule has 152 valence electrons. The van der Waals surface area contributed by atoms with E-state index in [0.717, 1.165) is 5.56 Å². The highest BCUT2D eigenvalue weighted by atomic mass is 32.2. The van der Waals surface area contributed by atoms with Crippen LogP contribution < -0.4 is 5.56 Å². The van der Waals surface area contributed by atoms with E-state index < -0.39 is 5.97 Å². The maximum atomic E-state index is 13.3. The van der Waals surface area contributed by atoms with Gasteiger partial charge in [-0.1, -0.05) is 23.9 Å². The van der Waals surface area contributed by atoms with Crippen LogP contribution in [-0.4, -0.2) is 27.6 Å². The Hall–Kier alpha value is -3.39. The van der Waals surface area contributed by atoms with Gasteiger partial charge in [-0.25, -0.2) is 19.3 Å². The Balaban J connectivity index is 1.81. The molecule has 0 aliphatic heterocycles. The lowest BCUT2D eigenvalue weighted by molar-refractivity contribution is 0.0563. The van der Waals surface area contributed by atoms with E-state index in [2.05, 4.69) is 4.98 Å². The number of carbonyl (C=O) groups is 1. The van der Waals surface area contributed by atoms with Crippen molar-refractivity contribution in [1.82, 2.24) is 14.5 Å². The zero-order valence-electron chi connectivity index (χ0n) is 16.7. The highest BCUT2D eigenvalue weighted by Gasteiger charge is 2.21. The van der Waals surface area contributed by atoms with Crippen LogP contribution in [-0.2, 0) is 4.74 Å². The van der Waals surface area contributed by atoms with Crippen molar-refractivity contribution in [2.45, 2.75) is 24.3 Å². The molecule has 1 atom stereocenters. The van der Waals surface area contributed by atoms with Gasteiger partial charge in [0.25, 0.3) is 5.56 Å². The number of hydrogen-bond donors (Lipinski definition) is 0. The van der Waals surface area contributed by atoms with Gasteiger partial charge in [0.05, 0.1) is 23.3 Å². The van der Waals surface area contributed by atoms with Gasteiger partial charge < -0.3 is 9.15 Å². The van der Waals surface area contributed by atoms with Crippen LogP contribution in [0.2, 0.25) is 0 Å². The second-order valence-corrected chi connectivity index (χ2v) is 8.01. The topological polar surface area (TPSA) is 87.2 Å². The first-order chi connectivity index (χ1) is 14.5. The van der Waals surface area contributed by atoms with Crippen molar-refractivity contribution in [3.63, 3.8) is 0 Å². The third kappa shape index (κ3) is 3.73. The van der Waals surface area contributed by atoms with Gasteiger partial charge in [0.2, 0.25) is 5.76 Å². The predicted octanol–water partition coefficient (Wildman–Crippen LogP) is 4.32. The van der Waals surface area contributed by atoms with Crippen LogP contribution in [0.5, 0.6) is 0 Å². The number of hydrogen-bond acceptors (Lipinski definition) is 7. The molecule has 8 heteroatoms. The average molecular weight is 421 g/mol. The summed E-state index contributed by atoms with van der Waals surface area (Å²) in [6, 6.07) is 14.2. The fourth-order valence-corrected chi connectivity index (χ4v) is 4.03. The Morgan fingerprint density at radius 3 is 2.77 bits per heavy atom. The molecule has 4 rings (SSSR count). The summed E-state index contributed by atoms with van der Waals surface area (Å²) in [6.07, 6.45) is 1.67. The number of methoxy groups -OCH3 is 1. The molecule has 0 spiro atoms. The number of benzene rings is 1. The largest absolute Gasteiger partial charge is 0.463 e. The van der Waals surface area contributed by atoms with Crippen LogP contribution in [0.15, 0.2) is 69.1 Å². The minimum atomic E-state index is -0.539. The molecule has 3 aromatic heterocycles. The van der Waals surface area contributed by atoms with Crippen LogP contribution in [0, 0.1) is 6.92 Å². The van der Waals surface area contributed by atoms with Crippen LogP contribution >= 0.6 is 11.8 Å². The van der Waals surface area contributed by atoms with Gasteiger partial charge >= 0.3 is 5.97 Å². The number of esters is 1. The summed E-state index contributed by atoms with van der Waals surface area (Å²) in [7, 11) is 1.30. The number of carbonyl (C=O) groups excluding carboxylic acids is 1. The summed E-state index contributed by atoms with van der Waals surface area (Å²) < 4.78 is 11.8. The lowest BCUT2D eigenvalue weighted by Crippen LogP contribution is -2.23. The first kappa shape index (κ1) is 19.9. The van der Waals surface area contributed by atoms with Gasteiger partial charge in [-0.05, 0) is 55.8 Å². The van der Waals surface area contributed by atoms with Crippen molar-refractivity contribution >= 4 is 28.6 Å². The van der Waals surface area contributed by atoms with Crippen LogP contribution in [0.1, 0.15) is 34.1 Å².